The largest absolute Gasteiger partial charge is 0.478 e. The zero-order valence-corrected chi connectivity index (χ0v) is 10.9. The van der Waals surface area contributed by atoms with Crippen molar-refractivity contribution in [3.05, 3.63) is 29.3 Å². The summed E-state index contributed by atoms with van der Waals surface area (Å²) >= 11 is 0. The monoisotopic (exact) mass is 262 g/mol. The first kappa shape index (κ1) is 13.5. The van der Waals surface area contributed by atoms with E-state index in [-0.39, 0.29) is 11.5 Å². The van der Waals surface area contributed by atoms with Crippen LogP contribution in [0, 0.1) is 12.8 Å². The highest BCUT2D eigenvalue weighted by Gasteiger charge is 2.18. The normalized spacial score (nSPS) is 18.3. The van der Waals surface area contributed by atoms with E-state index in [1.807, 2.05) is 6.92 Å². The van der Waals surface area contributed by atoms with E-state index in [0.717, 1.165) is 25.1 Å². The summed E-state index contributed by atoms with van der Waals surface area (Å²) in [4.78, 5) is 22.8. The first-order chi connectivity index (χ1) is 9.06. The summed E-state index contributed by atoms with van der Waals surface area (Å²) in [5.74, 6) is -0.669. The van der Waals surface area contributed by atoms with E-state index in [1.165, 1.54) is 12.1 Å². The van der Waals surface area contributed by atoms with Crippen LogP contribution in [0.5, 0.6) is 0 Å². The number of amides is 1. The Hall–Kier alpha value is -1.88. The molecular formula is C14H18N2O3. The highest BCUT2D eigenvalue weighted by Crippen LogP contribution is 2.19. The molecule has 0 saturated carbocycles. The Morgan fingerprint density at radius 3 is 2.89 bits per heavy atom. The lowest BCUT2D eigenvalue weighted by Crippen LogP contribution is -2.19. The van der Waals surface area contributed by atoms with Crippen LogP contribution in [0.3, 0.4) is 0 Å². The maximum absolute atomic E-state index is 11.9. The summed E-state index contributed by atoms with van der Waals surface area (Å²) in [6.07, 6.45) is 1.49. The Labute approximate surface area is 112 Å². The van der Waals surface area contributed by atoms with E-state index >= 15 is 0 Å². The summed E-state index contributed by atoms with van der Waals surface area (Å²) < 4.78 is 0. The fourth-order valence-corrected chi connectivity index (χ4v) is 2.24. The summed E-state index contributed by atoms with van der Waals surface area (Å²) in [6, 6.07) is 4.74. The molecule has 1 aliphatic heterocycles. The second kappa shape index (κ2) is 5.84. The second-order valence-electron chi connectivity index (χ2n) is 4.95. The minimum absolute atomic E-state index is 0.0562. The lowest BCUT2D eigenvalue weighted by molar-refractivity contribution is -0.117. The SMILES string of the molecule is Cc1ccc(C(=O)O)cc1NC(=O)CC1CCNC1. The number of carboxylic acids is 1. The van der Waals surface area contributed by atoms with E-state index in [9.17, 15) is 9.59 Å². The fourth-order valence-electron chi connectivity index (χ4n) is 2.24. The fraction of sp³-hybridized carbons (Fsp3) is 0.429. The summed E-state index contributed by atoms with van der Waals surface area (Å²) in [5, 5.41) is 15.0. The molecule has 3 N–H and O–H groups in total. The van der Waals surface area contributed by atoms with Crippen LogP contribution in [0.2, 0.25) is 0 Å². The number of anilines is 1. The van der Waals surface area contributed by atoms with Gasteiger partial charge < -0.3 is 15.7 Å². The molecule has 1 atom stereocenters. The van der Waals surface area contributed by atoms with Gasteiger partial charge >= 0.3 is 5.97 Å². The number of hydrogen-bond acceptors (Lipinski definition) is 3. The van der Waals surface area contributed by atoms with Crippen molar-refractivity contribution in [3.63, 3.8) is 0 Å². The van der Waals surface area contributed by atoms with E-state index < -0.39 is 5.97 Å². The molecule has 0 spiro atoms. The van der Waals surface area contributed by atoms with Crippen LogP contribution >= 0.6 is 0 Å². The van der Waals surface area contributed by atoms with Gasteiger partial charge in [0.15, 0.2) is 0 Å². The maximum Gasteiger partial charge on any atom is 0.335 e. The summed E-state index contributed by atoms with van der Waals surface area (Å²) in [7, 11) is 0. The van der Waals surface area contributed by atoms with Gasteiger partial charge in [-0.15, -0.1) is 0 Å². The predicted octanol–water partition coefficient (Wildman–Crippen LogP) is 1.63. The molecule has 0 radical (unpaired) electrons. The average Bonchev–Trinajstić information content (AvgIpc) is 2.84. The molecule has 1 saturated heterocycles. The Bertz CT molecular complexity index is 493. The van der Waals surface area contributed by atoms with Gasteiger partial charge in [0.05, 0.1) is 5.56 Å². The lowest BCUT2D eigenvalue weighted by Gasteiger charge is -2.11. The molecular weight excluding hydrogens is 244 g/mol. The van der Waals surface area contributed by atoms with Crippen LogP contribution in [0.4, 0.5) is 5.69 Å². The van der Waals surface area contributed by atoms with Crippen LogP contribution in [0.25, 0.3) is 0 Å². The van der Waals surface area contributed by atoms with Crippen molar-refractivity contribution in [2.24, 2.45) is 5.92 Å². The third-order valence-corrected chi connectivity index (χ3v) is 3.40. The van der Waals surface area contributed by atoms with Gasteiger partial charge in [-0.1, -0.05) is 6.07 Å². The number of nitrogens with one attached hydrogen (secondary N) is 2. The molecule has 5 heteroatoms. The maximum atomic E-state index is 11.9. The molecule has 1 unspecified atom stereocenters. The second-order valence-corrected chi connectivity index (χ2v) is 4.95. The predicted molar refractivity (Wildman–Crippen MR) is 72.4 cm³/mol. The van der Waals surface area contributed by atoms with Gasteiger partial charge in [0, 0.05) is 12.1 Å². The third-order valence-electron chi connectivity index (χ3n) is 3.40. The van der Waals surface area contributed by atoms with Crippen LogP contribution in [0.1, 0.15) is 28.8 Å². The molecule has 5 nitrogen and oxygen atoms in total. The molecule has 0 aliphatic carbocycles. The number of benzene rings is 1. The number of rotatable bonds is 4. The van der Waals surface area contributed by atoms with Crippen molar-refractivity contribution in [2.75, 3.05) is 18.4 Å². The number of aryl methyl sites for hydroxylation is 1. The van der Waals surface area contributed by atoms with E-state index in [2.05, 4.69) is 10.6 Å². The van der Waals surface area contributed by atoms with Gasteiger partial charge in [0.2, 0.25) is 5.91 Å². The quantitative estimate of drug-likeness (QED) is 0.770. The molecule has 19 heavy (non-hydrogen) atoms. The van der Waals surface area contributed by atoms with Crippen LogP contribution in [0.15, 0.2) is 18.2 Å². The minimum Gasteiger partial charge on any atom is -0.478 e. The van der Waals surface area contributed by atoms with Gasteiger partial charge in [-0.05, 0) is 50.0 Å². The Kier molecular flexibility index (Phi) is 4.16. The zero-order chi connectivity index (χ0) is 13.8. The highest BCUT2D eigenvalue weighted by molar-refractivity contribution is 5.94. The molecule has 1 fully saturated rings. The summed E-state index contributed by atoms with van der Waals surface area (Å²) in [6.45, 7) is 3.69. The van der Waals surface area contributed by atoms with Gasteiger partial charge in [0.1, 0.15) is 0 Å². The summed E-state index contributed by atoms with van der Waals surface area (Å²) in [5.41, 5.74) is 1.63. The smallest absolute Gasteiger partial charge is 0.335 e. The molecule has 1 aromatic rings. The van der Waals surface area contributed by atoms with E-state index in [4.69, 9.17) is 5.11 Å². The molecule has 1 amide bonds. The van der Waals surface area contributed by atoms with Gasteiger partial charge in [-0.3, -0.25) is 4.79 Å². The zero-order valence-electron chi connectivity index (χ0n) is 10.9. The van der Waals surface area contributed by atoms with E-state index in [1.54, 1.807) is 6.07 Å². The van der Waals surface area contributed by atoms with Crippen molar-refractivity contribution in [1.29, 1.82) is 0 Å². The Morgan fingerprint density at radius 2 is 2.26 bits per heavy atom. The van der Waals surface area contributed by atoms with Crippen molar-refractivity contribution >= 4 is 17.6 Å². The average molecular weight is 262 g/mol. The van der Waals surface area contributed by atoms with E-state index in [0.29, 0.717) is 18.0 Å². The van der Waals surface area contributed by atoms with Crippen LogP contribution in [-0.2, 0) is 4.79 Å². The highest BCUT2D eigenvalue weighted by atomic mass is 16.4. The topological polar surface area (TPSA) is 78.4 Å². The van der Waals surface area contributed by atoms with Crippen molar-refractivity contribution in [2.45, 2.75) is 19.8 Å². The molecule has 2 rings (SSSR count). The van der Waals surface area contributed by atoms with Gasteiger partial charge in [-0.25, -0.2) is 4.79 Å². The Morgan fingerprint density at radius 1 is 1.47 bits per heavy atom. The number of aromatic carboxylic acids is 1. The molecule has 1 heterocycles. The minimum atomic E-state index is -0.990. The Balaban J connectivity index is 2.02. The lowest BCUT2D eigenvalue weighted by atomic mass is 10.0. The molecule has 102 valence electrons. The number of carbonyl (C=O) groups excluding carboxylic acids is 1. The number of carbonyl (C=O) groups is 2. The molecule has 0 aromatic heterocycles. The van der Waals surface area contributed by atoms with Crippen molar-refractivity contribution < 1.29 is 14.7 Å². The van der Waals surface area contributed by atoms with Crippen LogP contribution in [-0.4, -0.2) is 30.1 Å². The molecule has 1 aliphatic rings. The number of hydrogen-bond donors (Lipinski definition) is 3. The van der Waals surface area contributed by atoms with Gasteiger partial charge in [0.25, 0.3) is 0 Å². The number of carboxylic acid groups (broad SMARTS) is 1. The van der Waals surface area contributed by atoms with Gasteiger partial charge in [-0.2, -0.15) is 0 Å². The first-order valence-corrected chi connectivity index (χ1v) is 6.41. The molecule has 1 aromatic carbocycles. The standard InChI is InChI=1S/C14H18N2O3/c1-9-2-3-11(14(18)19)7-12(9)16-13(17)6-10-4-5-15-8-10/h2-3,7,10,15H,4-6,8H2,1H3,(H,16,17)(H,18,19). The van der Waals surface area contributed by atoms with Crippen LogP contribution < -0.4 is 10.6 Å². The van der Waals surface area contributed by atoms with Crippen molar-refractivity contribution in [1.82, 2.24) is 5.32 Å². The van der Waals surface area contributed by atoms with Crippen molar-refractivity contribution in [3.8, 4) is 0 Å². The third kappa shape index (κ3) is 3.54. The first-order valence-electron chi connectivity index (χ1n) is 6.41. The molecule has 0 bridgehead atoms.